The van der Waals surface area contributed by atoms with Crippen LogP contribution in [0.25, 0.3) is 0 Å². The Labute approximate surface area is 114 Å². The van der Waals surface area contributed by atoms with Crippen molar-refractivity contribution in [2.45, 2.75) is 12.3 Å². The lowest BCUT2D eigenvalue weighted by atomic mass is 9.87. The summed E-state index contributed by atoms with van der Waals surface area (Å²) in [5.74, 6) is 3.14. The number of hydrogen-bond acceptors (Lipinski definition) is 4. The van der Waals surface area contributed by atoms with Crippen molar-refractivity contribution in [3.8, 4) is 11.5 Å². The van der Waals surface area contributed by atoms with Crippen LogP contribution in [-0.2, 0) is 0 Å². The molecule has 1 fully saturated rings. The lowest BCUT2D eigenvalue weighted by molar-refractivity contribution is 0.212. The zero-order valence-corrected chi connectivity index (χ0v) is 11.5. The third kappa shape index (κ3) is 2.42. The predicted octanol–water partition coefficient (Wildman–Crippen LogP) is 1.45. The average Bonchev–Trinajstić information content (AvgIpc) is 2.87. The highest BCUT2D eigenvalue weighted by Gasteiger charge is 2.38. The Morgan fingerprint density at radius 3 is 3.11 bits per heavy atom. The van der Waals surface area contributed by atoms with Crippen LogP contribution in [-0.4, -0.2) is 44.8 Å². The maximum Gasteiger partial charge on any atom is 0.123 e. The Bertz CT molecular complexity index is 450. The predicted molar refractivity (Wildman–Crippen MR) is 74.8 cm³/mol. The first kappa shape index (κ1) is 12.8. The Morgan fingerprint density at radius 1 is 1.42 bits per heavy atom. The Morgan fingerprint density at radius 2 is 2.32 bits per heavy atom. The van der Waals surface area contributed by atoms with Crippen LogP contribution in [0.3, 0.4) is 0 Å². The molecule has 0 spiro atoms. The third-order valence-corrected chi connectivity index (χ3v) is 4.26. The standard InChI is InChI=1S/C15H22N2O2/c1-18-12-3-4-15-13(7-12)14-9-17(6-2-5-16)8-11(14)10-19-15/h3-4,7,11,14H,2,5-6,8-10,16H2,1H3/t11-,14-/m1/s1. The van der Waals surface area contributed by atoms with Gasteiger partial charge in [0, 0.05) is 30.5 Å². The minimum atomic E-state index is 0.580. The van der Waals surface area contributed by atoms with Gasteiger partial charge < -0.3 is 20.1 Å². The summed E-state index contributed by atoms with van der Waals surface area (Å²) in [5, 5.41) is 0. The molecule has 2 N–H and O–H groups in total. The maximum atomic E-state index is 5.88. The molecule has 0 unspecified atom stereocenters. The molecule has 0 bridgehead atoms. The summed E-state index contributed by atoms with van der Waals surface area (Å²) in [6.07, 6.45) is 1.07. The molecule has 4 nitrogen and oxygen atoms in total. The molecule has 0 amide bonds. The van der Waals surface area contributed by atoms with Gasteiger partial charge in [-0.2, -0.15) is 0 Å². The highest BCUT2D eigenvalue weighted by Crippen LogP contribution is 2.42. The molecule has 104 valence electrons. The van der Waals surface area contributed by atoms with Gasteiger partial charge in [0.2, 0.25) is 0 Å². The fourth-order valence-electron chi connectivity index (χ4n) is 3.25. The van der Waals surface area contributed by atoms with Gasteiger partial charge in [0.1, 0.15) is 11.5 Å². The average molecular weight is 262 g/mol. The maximum absolute atomic E-state index is 5.88. The molecule has 19 heavy (non-hydrogen) atoms. The van der Waals surface area contributed by atoms with Gasteiger partial charge >= 0.3 is 0 Å². The molecule has 2 heterocycles. The number of fused-ring (bicyclic) bond motifs is 3. The molecule has 0 saturated carbocycles. The van der Waals surface area contributed by atoms with Gasteiger partial charge in [0.15, 0.2) is 0 Å². The van der Waals surface area contributed by atoms with Crippen molar-refractivity contribution in [3.63, 3.8) is 0 Å². The molecule has 0 aliphatic carbocycles. The summed E-state index contributed by atoms with van der Waals surface area (Å²) in [6, 6.07) is 6.14. The molecule has 2 aliphatic rings. The van der Waals surface area contributed by atoms with Crippen LogP contribution in [0, 0.1) is 5.92 Å². The quantitative estimate of drug-likeness (QED) is 0.892. The van der Waals surface area contributed by atoms with Crippen LogP contribution in [0.5, 0.6) is 11.5 Å². The number of hydrogen-bond donors (Lipinski definition) is 1. The van der Waals surface area contributed by atoms with E-state index in [9.17, 15) is 0 Å². The topological polar surface area (TPSA) is 47.7 Å². The molecule has 2 atom stereocenters. The van der Waals surface area contributed by atoms with Crippen LogP contribution in [0.1, 0.15) is 17.9 Å². The molecule has 0 aromatic heterocycles. The summed E-state index contributed by atoms with van der Waals surface area (Å²) in [7, 11) is 1.71. The number of nitrogens with two attached hydrogens (primary N) is 1. The summed E-state index contributed by atoms with van der Waals surface area (Å²) < 4.78 is 11.2. The second-order valence-electron chi connectivity index (χ2n) is 5.48. The van der Waals surface area contributed by atoms with E-state index in [0.29, 0.717) is 11.8 Å². The van der Waals surface area contributed by atoms with Gasteiger partial charge in [-0.1, -0.05) is 0 Å². The van der Waals surface area contributed by atoms with Crippen molar-refractivity contribution in [2.75, 3.05) is 39.9 Å². The van der Waals surface area contributed by atoms with E-state index in [2.05, 4.69) is 11.0 Å². The lowest BCUT2D eigenvalue weighted by Crippen LogP contribution is -2.25. The van der Waals surface area contributed by atoms with E-state index in [-0.39, 0.29) is 0 Å². The van der Waals surface area contributed by atoms with Crippen LogP contribution >= 0.6 is 0 Å². The van der Waals surface area contributed by atoms with E-state index in [1.165, 1.54) is 5.56 Å². The smallest absolute Gasteiger partial charge is 0.123 e. The summed E-state index contributed by atoms with van der Waals surface area (Å²) in [4.78, 5) is 2.51. The molecular formula is C15H22N2O2. The minimum absolute atomic E-state index is 0.580. The normalized spacial score (nSPS) is 25.6. The fourth-order valence-corrected chi connectivity index (χ4v) is 3.25. The van der Waals surface area contributed by atoms with Gasteiger partial charge in [-0.15, -0.1) is 0 Å². The van der Waals surface area contributed by atoms with E-state index >= 15 is 0 Å². The zero-order chi connectivity index (χ0) is 13.2. The molecular weight excluding hydrogens is 240 g/mol. The number of rotatable bonds is 4. The van der Waals surface area contributed by atoms with E-state index in [1.54, 1.807) is 7.11 Å². The van der Waals surface area contributed by atoms with Gasteiger partial charge in [-0.25, -0.2) is 0 Å². The van der Waals surface area contributed by atoms with Crippen molar-refractivity contribution in [3.05, 3.63) is 23.8 Å². The summed E-state index contributed by atoms with van der Waals surface area (Å²) >= 11 is 0. The Balaban J connectivity index is 1.79. The number of methoxy groups -OCH3 is 1. The molecule has 1 saturated heterocycles. The first-order valence-corrected chi connectivity index (χ1v) is 7.05. The van der Waals surface area contributed by atoms with E-state index < -0.39 is 0 Å². The largest absolute Gasteiger partial charge is 0.497 e. The number of nitrogens with zero attached hydrogens (tertiary/aromatic N) is 1. The summed E-state index contributed by atoms with van der Waals surface area (Å²) in [5.41, 5.74) is 6.91. The monoisotopic (exact) mass is 262 g/mol. The molecule has 0 radical (unpaired) electrons. The molecule has 4 heteroatoms. The van der Waals surface area contributed by atoms with Crippen molar-refractivity contribution >= 4 is 0 Å². The molecule has 1 aromatic carbocycles. The van der Waals surface area contributed by atoms with E-state index in [0.717, 1.165) is 50.7 Å². The fraction of sp³-hybridized carbons (Fsp3) is 0.600. The van der Waals surface area contributed by atoms with Crippen molar-refractivity contribution in [1.82, 2.24) is 4.90 Å². The second kappa shape index (κ2) is 5.39. The van der Waals surface area contributed by atoms with Crippen molar-refractivity contribution in [1.29, 1.82) is 0 Å². The molecule has 1 aromatic rings. The van der Waals surface area contributed by atoms with Crippen molar-refractivity contribution in [2.24, 2.45) is 11.7 Å². The van der Waals surface area contributed by atoms with E-state index in [4.69, 9.17) is 15.2 Å². The van der Waals surface area contributed by atoms with Gasteiger partial charge in [0.05, 0.1) is 13.7 Å². The number of likely N-dealkylation sites (tertiary alicyclic amines) is 1. The zero-order valence-electron chi connectivity index (χ0n) is 11.5. The highest BCUT2D eigenvalue weighted by atomic mass is 16.5. The van der Waals surface area contributed by atoms with Gasteiger partial charge in [-0.05, 0) is 37.7 Å². The lowest BCUT2D eigenvalue weighted by Gasteiger charge is -2.28. The van der Waals surface area contributed by atoms with Crippen molar-refractivity contribution < 1.29 is 9.47 Å². The van der Waals surface area contributed by atoms with Crippen LogP contribution in [0.15, 0.2) is 18.2 Å². The number of ether oxygens (including phenoxy) is 2. The molecule has 2 aliphatic heterocycles. The minimum Gasteiger partial charge on any atom is -0.497 e. The van der Waals surface area contributed by atoms with E-state index in [1.807, 2.05) is 12.1 Å². The Kier molecular flexibility index (Phi) is 3.62. The van der Waals surface area contributed by atoms with Crippen LogP contribution in [0.2, 0.25) is 0 Å². The second-order valence-corrected chi connectivity index (χ2v) is 5.48. The van der Waals surface area contributed by atoms with Crippen LogP contribution < -0.4 is 15.2 Å². The Hall–Kier alpha value is -1.26. The first-order valence-electron chi connectivity index (χ1n) is 7.05. The highest BCUT2D eigenvalue weighted by molar-refractivity contribution is 5.44. The van der Waals surface area contributed by atoms with Crippen LogP contribution in [0.4, 0.5) is 0 Å². The third-order valence-electron chi connectivity index (χ3n) is 4.26. The molecule has 3 rings (SSSR count). The summed E-state index contributed by atoms with van der Waals surface area (Å²) in [6.45, 7) is 4.95. The SMILES string of the molecule is COc1ccc2c(c1)[C@@H]1CN(CCCN)C[C@@H]1CO2. The first-order chi connectivity index (χ1) is 9.31. The number of benzene rings is 1. The van der Waals surface area contributed by atoms with Gasteiger partial charge in [-0.3, -0.25) is 0 Å². The van der Waals surface area contributed by atoms with Gasteiger partial charge in [0.25, 0.3) is 0 Å².